The Morgan fingerprint density at radius 3 is 2.67 bits per heavy atom. The highest BCUT2D eigenvalue weighted by molar-refractivity contribution is 5.24. The molecule has 1 aliphatic heterocycles. The first-order valence-corrected chi connectivity index (χ1v) is 8.97. The number of hydrogen-bond donors (Lipinski definition) is 1. The Hall–Kier alpha value is -0.830. The number of imidazole rings is 1. The standard InChI is InChI=1S/C18H29N3/c1-18(2)10-5-8-16(18)21-15-9-11-19-12-14(15)20-17(21)13-6-3-4-7-13/h13,16,19H,3-12H2,1-2H3. The molecule has 4 rings (SSSR count). The molecule has 0 radical (unpaired) electrons. The third-order valence-electron chi connectivity index (χ3n) is 6.18. The van der Waals surface area contributed by atoms with E-state index in [4.69, 9.17) is 4.98 Å². The van der Waals surface area contributed by atoms with Gasteiger partial charge in [0, 0.05) is 37.2 Å². The highest BCUT2D eigenvalue weighted by Gasteiger charge is 2.40. The third-order valence-corrected chi connectivity index (χ3v) is 6.18. The summed E-state index contributed by atoms with van der Waals surface area (Å²) in [6, 6.07) is 0.683. The van der Waals surface area contributed by atoms with Gasteiger partial charge in [0.1, 0.15) is 5.82 Å². The zero-order valence-corrected chi connectivity index (χ0v) is 13.6. The number of nitrogens with one attached hydrogen (secondary N) is 1. The minimum atomic E-state index is 0.437. The Balaban J connectivity index is 1.80. The van der Waals surface area contributed by atoms with E-state index in [1.807, 2.05) is 0 Å². The van der Waals surface area contributed by atoms with Gasteiger partial charge in [0.15, 0.2) is 0 Å². The van der Waals surface area contributed by atoms with Crippen molar-refractivity contribution in [2.45, 2.75) is 83.7 Å². The lowest BCUT2D eigenvalue weighted by Crippen LogP contribution is -2.29. The Morgan fingerprint density at radius 2 is 1.95 bits per heavy atom. The van der Waals surface area contributed by atoms with Gasteiger partial charge in [0.2, 0.25) is 0 Å². The molecule has 2 heterocycles. The number of aromatic nitrogens is 2. The van der Waals surface area contributed by atoms with Crippen molar-refractivity contribution in [3.63, 3.8) is 0 Å². The van der Waals surface area contributed by atoms with Gasteiger partial charge in [-0.2, -0.15) is 0 Å². The van der Waals surface area contributed by atoms with Crippen LogP contribution in [-0.2, 0) is 13.0 Å². The minimum absolute atomic E-state index is 0.437. The highest BCUT2D eigenvalue weighted by atomic mass is 15.2. The largest absolute Gasteiger partial charge is 0.328 e. The van der Waals surface area contributed by atoms with Gasteiger partial charge in [-0.25, -0.2) is 4.98 Å². The molecular formula is C18H29N3. The third kappa shape index (κ3) is 2.25. The van der Waals surface area contributed by atoms with Crippen LogP contribution in [0, 0.1) is 5.41 Å². The van der Waals surface area contributed by atoms with Crippen molar-refractivity contribution in [2.75, 3.05) is 6.54 Å². The molecule has 3 nitrogen and oxygen atoms in total. The number of fused-ring (bicyclic) bond motifs is 1. The lowest BCUT2D eigenvalue weighted by molar-refractivity contribution is 0.248. The fourth-order valence-corrected chi connectivity index (χ4v) is 4.96. The monoisotopic (exact) mass is 287 g/mol. The van der Waals surface area contributed by atoms with Gasteiger partial charge >= 0.3 is 0 Å². The van der Waals surface area contributed by atoms with E-state index >= 15 is 0 Å². The molecule has 0 bridgehead atoms. The summed E-state index contributed by atoms with van der Waals surface area (Å²) in [6.45, 7) is 7.04. The molecular weight excluding hydrogens is 258 g/mol. The molecule has 21 heavy (non-hydrogen) atoms. The quantitative estimate of drug-likeness (QED) is 0.893. The number of rotatable bonds is 2. The van der Waals surface area contributed by atoms with Crippen LogP contribution in [0.25, 0.3) is 0 Å². The number of hydrogen-bond acceptors (Lipinski definition) is 2. The van der Waals surface area contributed by atoms with Crippen LogP contribution in [0.1, 0.15) is 88.0 Å². The minimum Gasteiger partial charge on any atom is -0.328 e. The van der Waals surface area contributed by atoms with Crippen molar-refractivity contribution in [3.8, 4) is 0 Å². The molecule has 1 N–H and O–H groups in total. The lowest BCUT2D eigenvalue weighted by atomic mass is 9.86. The van der Waals surface area contributed by atoms with E-state index in [0.717, 1.165) is 19.0 Å². The normalized spacial score (nSPS) is 29.0. The van der Waals surface area contributed by atoms with Crippen LogP contribution in [0.3, 0.4) is 0 Å². The van der Waals surface area contributed by atoms with Crippen LogP contribution < -0.4 is 5.32 Å². The highest BCUT2D eigenvalue weighted by Crippen LogP contribution is 2.49. The van der Waals surface area contributed by atoms with Gasteiger partial charge in [0.05, 0.1) is 5.69 Å². The average Bonchev–Trinajstić information content (AvgIpc) is 3.15. The van der Waals surface area contributed by atoms with Crippen LogP contribution >= 0.6 is 0 Å². The second-order valence-corrected chi connectivity index (χ2v) is 8.04. The molecule has 2 fully saturated rings. The van der Waals surface area contributed by atoms with Crippen LogP contribution in [0.2, 0.25) is 0 Å². The van der Waals surface area contributed by atoms with E-state index in [1.54, 1.807) is 5.69 Å². The van der Waals surface area contributed by atoms with Crippen LogP contribution in [0.5, 0.6) is 0 Å². The molecule has 1 unspecified atom stereocenters. The smallest absolute Gasteiger partial charge is 0.112 e. The molecule has 0 saturated heterocycles. The zero-order chi connectivity index (χ0) is 14.4. The van der Waals surface area contributed by atoms with Crippen LogP contribution in [-0.4, -0.2) is 16.1 Å². The van der Waals surface area contributed by atoms with Crippen LogP contribution in [0.15, 0.2) is 0 Å². The zero-order valence-electron chi connectivity index (χ0n) is 13.6. The Labute approximate surface area is 128 Å². The first-order chi connectivity index (χ1) is 10.2. The molecule has 1 aromatic heterocycles. The first kappa shape index (κ1) is 13.8. The number of nitrogens with zero attached hydrogens (tertiary/aromatic N) is 2. The van der Waals surface area contributed by atoms with Gasteiger partial charge in [-0.05, 0) is 31.1 Å². The predicted molar refractivity (Wildman–Crippen MR) is 85.5 cm³/mol. The van der Waals surface area contributed by atoms with E-state index < -0.39 is 0 Å². The summed E-state index contributed by atoms with van der Waals surface area (Å²) in [5.74, 6) is 2.17. The van der Waals surface area contributed by atoms with E-state index in [0.29, 0.717) is 11.5 Å². The molecule has 0 spiro atoms. The fourth-order valence-electron chi connectivity index (χ4n) is 4.96. The summed E-state index contributed by atoms with van der Waals surface area (Å²) in [7, 11) is 0. The second-order valence-electron chi connectivity index (χ2n) is 8.04. The molecule has 1 aromatic rings. The van der Waals surface area contributed by atoms with Gasteiger partial charge in [-0.15, -0.1) is 0 Å². The maximum absolute atomic E-state index is 5.14. The lowest BCUT2D eigenvalue weighted by Gasteiger charge is -2.32. The van der Waals surface area contributed by atoms with E-state index in [2.05, 4.69) is 23.7 Å². The van der Waals surface area contributed by atoms with Crippen molar-refractivity contribution >= 4 is 0 Å². The van der Waals surface area contributed by atoms with Crippen molar-refractivity contribution < 1.29 is 0 Å². The van der Waals surface area contributed by atoms with Gasteiger partial charge in [-0.1, -0.05) is 33.1 Å². The molecule has 0 aromatic carbocycles. The summed E-state index contributed by atoms with van der Waals surface area (Å²) in [4.78, 5) is 5.14. The van der Waals surface area contributed by atoms with Crippen molar-refractivity contribution in [3.05, 3.63) is 17.2 Å². The molecule has 2 saturated carbocycles. The van der Waals surface area contributed by atoms with E-state index in [9.17, 15) is 0 Å². The molecule has 3 heteroatoms. The molecule has 2 aliphatic carbocycles. The predicted octanol–water partition coefficient (Wildman–Crippen LogP) is 3.94. The summed E-state index contributed by atoms with van der Waals surface area (Å²) >= 11 is 0. The van der Waals surface area contributed by atoms with Crippen molar-refractivity contribution in [1.82, 2.24) is 14.9 Å². The molecule has 1 atom stereocenters. The van der Waals surface area contributed by atoms with Crippen molar-refractivity contribution in [1.29, 1.82) is 0 Å². The summed E-state index contributed by atoms with van der Waals surface area (Å²) in [6.07, 6.45) is 10.8. The first-order valence-electron chi connectivity index (χ1n) is 8.97. The maximum Gasteiger partial charge on any atom is 0.112 e. The Kier molecular flexibility index (Phi) is 3.36. The molecule has 0 amide bonds. The Morgan fingerprint density at radius 1 is 1.14 bits per heavy atom. The molecule has 116 valence electrons. The van der Waals surface area contributed by atoms with E-state index in [1.165, 1.54) is 62.9 Å². The van der Waals surface area contributed by atoms with Crippen molar-refractivity contribution in [2.24, 2.45) is 5.41 Å². The molecule has 3 aliphatic rings. The van der Waals surface area contributed by atoms with E-state index in [-0.39, 0.29) is 0 Å². The van der Waals surface area contributed by atoms with Gasteiger partial charge < -0.3 is 9.88 Å². The topological polar surface area (TPSA) is 29.9 Å². The Bertz CT molecular complexity index is 523. The second kappa shape index (κ2) is 5.12. The SMILES string of the molecule is CC1(C)CCCC1n1c(C2CCCC2)nc2c1CCNC2. The average molecular weight is 287 g/mol. The summed E-state index contributed by atoms with van der Waals surface area (Å²) in [5, 5.41) is 3.51. The van der Waals surface area contributed by atoms with Crippen LogP contribution in [0.4, 0.5) is 0 Å². The van der Waals surface area contributed by atoms with Gasteiger partial charge in [-0.3, -0.25) is 0 Å². The van der Waals surface area contributed by atoms with Gasteiger partial charge in [0.25, 0.3) is 0 Å². The summed E-state index contributed by atoms with van der Waals surface area (Å²) in [5.41, 5.74) is 3.36. The maximum atomic E-state index is 5.14. The summed E-state index contributed by atoms with van der Waals surface area (Å²) < 4.78 is 2.74. The fraction of sp³-hybridized carbons (Fsp3) is 0.833.